The highest BCUT2D eigenvalue weighted by molar-refractivity contribution is 7.91. The van der Waals surface area contributed by atoms with E-state index in [1.807, 2.05) is 0 Å². The lowest BCUT2D eigenvalue weighted by atomic mass is 10.1. The lowest BCUT2D eigenvalue weighted by Crippen LogP contribution is -2.46. The monoisotopic (exact) mass is 327 g/mol. The molecular weight excluding hydrogens is 306 g/mol. The van der Waals surface area contributed by atoms with Crippen molar-refractivity contribution >= 4 is 27.4 Å². The molecule has 3 rings (SSSR count). The smallest absolute Gasteiger partial charge is 0.270 e. The minimum atomic E-state index is -3.08. The van der Waals surface area contributed by atoms with Crippen LogP contribution in [0.25, 0.3) is 0 Å². The van der Waals surface area contributed by atoms with Gasteiger partial charge < -0.3 is 4.90 Å². The second-order valence-corrected chi connectivity index (χ2v) is 8.42. The van der Waals surface area contributed by atoms with Crippen LogP contribution >= 0.6 is 0 Å². The number of hydrazone groups is 1. The number of amides is 2. The van der Waals surface area contributed by atoms with E-state index in [1.165, 1.54) is 5.01 Å². The molecule has 0 spiro atoms. The second-order valence-electron chi connectivity index (χ2n) is 6.19. The maximum atomic E-state index is 12.5. The summed E-state index contributed by atoms with van der Waals surface area (Å²) in [4.78, 5) is 26.3. The molecule has 3 aliphatic heterocycles. The van der Waals surface area contributed by atoms with Crippen molar-refractivity contribution in [3.05, 3.63) is 0 Å². The average molecular weight is 327 g/mol. The van der Waals surface area contributed by atoms with Gasteiger partial charge in [-0.3, -0.25) is 9.59 Å². The predicted molar refractivity (Wildman–Crippen MR) is 81.0 cm³/mol. The fraction of sp³-hybridized carbons (Fsp3) is 0.786. The summed E-state index contributed by atoms with van der Waals surface area (Å²) in [6.45, 7) is 1.48. The molecule has 0 aromatic rings. The third kappa shape index (κ3) is 3.16. The van der Waals surface area contributed by atoms with Crippen molar-refractivity contribution in [2.75, 3.05) is 24.6 Å². The zero-order valence-electron chi connectivity index (χ0n) is 12.5. The lowest BCUT2D eigenvalue weighted by Gasteiger charge is -2.31. The molecule has 0 N–H and O–H groups in total. The van der Waals surface area contributed by atoms with Gasteiger partial charge in [0.1, 0.15) is 5.71 Å². The van der Waals surface area contributed by atoms with Crippen LogP contribution in [0.4, 0.5) is 0 Å². The molecule has 1 atom stereocenters. The molecule has 0 bridgehead atoms. The minimum absolute atomic E-state index is 0.0482. The van der Waals surface area contributed by atoms with E-state index in [0.717, 1.165) is 32.4 Å². The number of sulfone groups is 1. The molecule has 0 aromatic carbocycles. The van der Waals surface area contributed by atoms with Crippen LogP contribution in [-0.4, -0.2) is 66.5 Å². The third-order valence-electron chi connectivity index (χ3n) is 4.50. The van der Waals surface area contributed by atoms with Crippen molar-refractivity contribution in [2.45, 2.75) is 44.6 Å². The van der Waals surface area contributed by atoms with E-state index in [9.17, 15) is 18.0 Å². The van der Waals surface area contributed by atoms with Crippen LogP contribution in [0, 0.1) is 0 Å². The second kappa shape index (κ2) is 5.98. The van der Waals surface area contributed by atoms with Crippen molar-refractivity contribution < 1.29 is 18.0 Å². The summed E-state index contributed by atoms with van der Waals surface area (Å²) in [5.41, 5.74) is 0.394. The Labute approximate surface area is 130 Å². The lowest BCUT2D eigenvalue weighted by molar-refractivity contribution is -0.134. The number of carbonyl (C=O) groups excluding carboxylic acids is 2. The van der Waals surface area contributed by atoms with Gasteiger partial charge in [0.2, 0.25) is 5.91 Å². The standard InChI is InChI=1S/C14H21N3O4S/c18-13-5-4-12(14(19)16-7-2-1-3-8-16)15-17(13)11-6-9-22(20,21)10-11/h11H,1-10H2/t11-/m1/s1. The number of likely N-dealkylation sites (tertiary alicyclic amines) is 1. The summed E-state index contributed by atoms with van der Waals surface area (Å²) < 4.78 is 23.2. The van der Waals surface area contributed by atoms with Gasteiger partial charge in [-0.05, 0) is 25.7 Å². The van der Waals surface area contributed by atoms with E-state index < -0.39 is 15.9 Å². The Kier molecular flexibility index (Phi) is 4.20. The van der Waals surface area contributed by atoms with Gasteiger partial charge in [0.05, 0.1) is 17.5 Å². The Morgan fingerprint density at radius 2 is 1.86 bits per heavy atom. The number of hydrogen-bond acceptors (Lipinski definition) is 5. The normalized spacial score (nSPS) is 28.6. The molecule has 22 heavy (non-hydrogen) atoms. The Morgan fingerprint density at radius 3 is 2.50 bits per heavy atom. The van der Waals surface area contributed by atoms with Crippen molar-refractivity contribution in [1.29, 1.82) is 0 Å². The van der Waals surface area contributed by atoms with E-state index >= 15 is 0 Å². The highest BCUT2D eigenvalue weighted by Crippen LogP contribution is 2.23. The molecule has 8 heteroatoms. The summed E-state index contributed by atoms with van der Waals surface area (Å²) in [6, 6.07) is -0.415. The molecule has 2 saturated heterocycles. The number of carbonyl (C=O) groups is 2. The molecule has 7 nitrogen and oxygen atoms in total. The third-order valence-corrected chi connectivity index (χ3v) is 6.25. The van der Waals surface area contributed by atoms with Gasteiger partial charge in [0.15, 0.2) is 9.84 Å². The predicted octanol–water partition coefficient (Wildman–Crippen LogP) is 0.164. The Bertz CT molecular complexity index is 608. The van der Waals surface area contributed by atoms with Gasteiger partial charge in [-0.25, -0.2) is 13.4 Å². The van der Waals surface area contributed by atoms with Gasteiger partial charge in [0.25, 0.3) is 5.91 Å². The molecular formula is C14H21N3O4S. The van der Waals surface area contributed by atoms with Crippen molar-refractivity contribution in [3.8, 4) is 0 Å². The fourth-order valence-electron chi connectivity index (χ4n) is 3.26. The van der Waals surface area contributed by atoms with Gasteiger partial charge in [0, 0.05) is 25.9 Å². The zero-order valence-corrected chi connectivity index (χ0v) is 13.3. The van der Waals surface area contributed by atoms with E-state index in [1.54, 1.807) is 4.90 Å². The molecule has 3 aliphatic rings. The fourth-order valence-corrected chi connectivity index (χ4v) is 4.95. The number of nitrogens with zero attached hydrogens (tertiary/aromatic N) is 3. The van der Waals surface area contributed by atoms with Crippen LogP contribution in [0.15, 0.2) is 5.10 Å². The van der Waals surface area contributed by atoms with Gasteiger partial charge in [-0.1, -0.05) is 0 Å². The van der Waals surface area contributed by atoms with Gasteiger partial charge >= 0.3 is 0 Å². The number of piperidine rings is 1. The van der Waals surface area contributed by atoms with Gasteiger partial charge in [-0.2, -0.15) is 5.10 Å². The maximum absolute atomic E-state index is 12.5. The molecule has 0 aromatic heterocycles. The molecule has 3 heterocycles. The van der Waals surface area contributed by atoms with E-state index in [2.05, 4.69) is 5.10 Å². The van der Waals surface area contributed by atoms with Crippen LogP contribution in [0.2, 0.25) is 0 Å². The Hall–Kier alpha value is -1.44. The first-order valence-electron chi connectivity index (χ1n) is 7.85. The summed E-state index contributed by atoms with van der Waals surface area (Å²) in [7, 11) is -3.08. The van der Waals surface area contributed by atoms with Gasteiger partial charge in [-0.15, -0.1) is 0 Å². The van der Waals surface area contributed by atoms with Crippen molar-refractivity contribution in [2.24, 2.45) is 5.10 Å². The van der Waals surface area contributed by atoms with Crippen molar-refractivity contribution in [3.63, 3.8) is 0 Å². The van der Waals surface area contributed by atoms with Crippen LogP contribution in [0.5, 0.6) is 0 Å². The number of rotatable bonds is 2. The quantitative estimate of drug-likeness (QED) is 0.723. The minimum Gasteiger partial charge on any atom is -0.338 e. The Morgan fingerprint density at radius 1 is 1.14 bits per heavy atom. The first-order valence-corrected chi connectivity index (χ1v) is 9.68. The van der Waals surface area contributed by atoms with E-state index in [4.69, 9.17) is 0 Å². The maximum Gasteiger partial charge on any atom is 0.270 e. The largest absolute Gasteiger partial charge is 0.338 e. The SMILES string of the molecule is O=C(C1=NN([C@@H]2CCS(=O)(=O)C2)C(=O)CC1)N1CCCCC1. The molecule has 122 valence electrons. The molecule has 2 fully saturated rings. The first kappa shape index (κ1) is 15.5. The first-order chi connectivity index (χ1) is 10.5. The van der Waals surface area contributed by atoms with Crippen LogP contribution < -0.4 is 0 Å². The van der Waals surface area contributed by atoms with Crippen LogP contribution in [-0.2, 0) is 19.4 Å². The van der Waals surface area contributed by atoms with E-state index in [-0.39, 0.29) is 29.7 Å². The molecule has 0 saturated carbocycles. The summed E-state index contributed by atoms with van der Waals surface area (Å²) in [5, 5.41) is 5.49. The highest BCUT2D eigenvalue weighted by Gasteiger charge is 2.37. The molecule has 0 unspecified atom stereocenters. The molecule has 2 amide bonds. The number of hydrogen-bond donors (Lipinski definition) is 0. The average Bonchev–Trinajstić information content (AvgIpc) is 2.88. The highest BCUT2D eigenvalue weighted by atomic mass is 32.2. The molecule has 0 radical (unpaired) electrons. The topological polar surface area (TPSA) is 87.1 Å². The van der Waals surface area contributed by atoms with E-state index in [0.29, 0.717) is 18.6 Å². The summed E-state index contributed by atoms with van der Waals surface area (Å²) in [5.74, 6) is -0.241. The van der Waals surface area contributed by atoms with Crippen LogP contribution in [0.3, 0.4) is 0 Å². The Balaban J connectivity index is 1.76. The summed E-state index contributed by atoms with van der Waals surface area (Å²) >= 11 is 0. The summed E-state index contributed by atoms with van der Waals surface area (Å²) in [6.07, 6.45) is 4.13. The van der Waals surface area contributed by atoms with Crippen LogP contribution in [0.1, 0.15) is 38.5 Å². The molecule has 0 aliphatic carbocycles. The zero-order chi connectivity index (χ0) is 15.7. The van der Waals surface area contributed by atoms with Crippen molar-refractivity contribution in [1.82, 2.24) is 9.91 Å².